The van der Waals surface area contributed by atoms with Crippen molar-refractivity contribution in [1.29, 1.82) is 0 Å². The van der Waals surface area contributed by atoms with Gasteiger partial charge in [-0.2, -0.15) is 16.3 Å². The molecule has 0 spiro atoms. The molecule has 0 aliphatic rings. The van der Waals surface area contributed by atoms with Crippen molar-refractivity contribution in [2.24, 2.45) is 0 Å². The Morgan fingerprint density at radius 1 is 1.23 bits per heavy atom. The van der Waals surface area contributed by atoms with Gasteiger partial charge in [0, 0.05) is 28.6 Å². The SMILES string of the molecule is O=C(/C=C/c1cccc2cccnc12)OCc1noc(-c2ccsc2)n1. The molecule has 7 heteroatoms. The summed E-state index contributed by atoms with van der Waals surface area (Å²) in [5.41, 5.74) is 2.53. The zero-order valence-electron chi connectivity index (χ0n) is 13.5. The highest BCUT2D eigenvalue weighted by atomic mass is 32.1. The molecule has 3 heterocycles. The molecule has 128 valence electrons. The largest absolute Gasteiger partial charge is 0.454 e. The number of para-hydroxylation sites is 1. The van der Waals surface area contributed by atoms with E-state index in [4.69, 9.17) is 9.26 Å². The van der Waals surface area contributed by atoms with Crippen molar-refractivity contribution in [2.45, 2.75) is 6.61 Å². The predicted molar refractivity (Wildman–Crippen MR) is 98.2 cm³/mol. The number of hydrogen-bond acceptors (Lipinski definition) is 7. The highest BCUT2D eigenvalue weighted by Gasteiger charge is 2.10. The van der Waals surface area contributed by atoms with E-state index in [9.17, 15) is 4.79 Å². The van der Waals surface area contributed by atoms with Crippen molar-refractivity contribution in [3.05, 3.63) is 70.8 Å². The molecule has 0 aliphatic heterocycles. The standard InChI is InChI=1S/C19H13N3O3S/c23-17(7-6-14-4-1-3-13-5-2-9-20-18(13)14)24-11-16-21-19(25-22-16)15-8-10-26-12-15/h1-10,12H,11H2/b7-6+. The Labute approximate surface area is 152 Å². The Balaban J connectivity index is 1.40. The van der Waals surface area contributed by atoms with E-state index in [-0.39, 0.29) is 6.61 Å². The molecule has 0 unspecified atom stereocenters. The van der Waals surface area contributed by atoms with Crippen LogP contribution in [0.3, 0.4) is 0 Å². The second-order valence-corrected chi connectivity index (χ2v) is 6.17. The van der Waals surface area contributed by atoms with E-state index in [1.807, 2.05) is 47.2 Å². The molecule has 26 heavy (non-hydrogen) atoms. The van der Waals surface area contributed by atoms with Crippen LogP contribution in [0.25, 0.3) is 28.4 Å². The lowest BCUT2D eigenvalue weighted by atomic mass is 10.1. The van der Waals surface area contributed by atoms with Crippen LogP contribution in [0.15, 0.2) is 64.0 Å². The summed E-state index contributed by atoms with van der Waals surface area (Å²) < 4.78 is 10.3. The smallest absolute Gasteiger partial charge is 0.331 e. The number of pyridine rings is 1. The molecule has 1 aromatic carbocycles. The quantitative estimate of drug-likeness (QED) is 0.392. The Morgan fingerprint density at radius 2 is 2.15 bits per heavy atom. The average molecular weight is 363 g/mol. The number of fused-ring (bicyclic) bond motifs is 1. The van der Waals surface area contributed by atoms with Crippen molar-refractivity contribution in [2.75, 3.05) is 0 Å². The molecule has 4 aromatic rings. The topological polar surface area (TPSA) is 78.1 Å². The first-order valence-electron chi connectivity index (χ1n) is 7.83. The lowest BCUT2D eigenvalue weighted by Gasteiger charge is -2.00. The van der Waals surface area contributed by atoms with Crippen LogP contribution in [0.5, 0.6) is 0 Å². The van der Waals surface area contributed by atoms with Gasteiger partial charge < -0.3 is 9.26 Å². The third-order valence-corrected chi connectivity index (χ3v) is 4.33. The Bertz CT molecular complexity index is 1070. The zero-order valence-corrected chi connectivity index (χ0v) is 14.3. The van der Waals surface area contributed by atoms with Crippen LogP contribution in [0.4, 0.5) is 0 Å². The molecule has 0 bridgehead atoms. The number of carbonyl (C=O) groups excluding carboxylic acids is 1. The fourth-order valence-electron chi connectivity index (χ4n) is 2.42. The number of benzene rings is 1. The minimum absolute atomic E-state index is 0.0510. The van der Waals surface area contributed by atoms with Gasteiger partial charge in [-0.15, -0.1) is 0 Å². The van der Waals surface area contributed by atoms with Crippen molar-refractivity contribution in [3.8, 4) is 11.5 Å². The van der Waals surface area contributed by atoms with Gasteiger partial charge in [0.05, 0.1) is 11.1 Å². The number of thiophene rings is 1. The molecule has 0 atom stereocenters. The van der Waals surface area contributed by atoms with Gasteiger partial charge in [0.2, 0.25) is 5.82 Å². The van der Waals surface area contributed by atoms with E-state index < -0.39 is 5.97 Å². The maximum atomic E-state index is 11.9. The molecule has 0 saturated carbocycles. The Morgan fingerprint density at radius 3 is 3.04 bits per heavy atom. The minimum Gasteiger partial charge on any atom is -0.454 e. The summed E-state index contributed by atoms with van der Waals surface area (Å²) in [6.45, 7) is -0.0510. The lowest BCUT2D eigenvalue weighted by molar-refractivity contribution is -0.139. The summed E-state index contributed by atoms with van der Waals surface area (Å²) in [6, 6.07) is 11.5. The molecule has 0 fully saturated rings. The van der Waals surface area contributed by atoms with E-state index in [2.05, 4.69) is 15.1 Å². The van der Waals surface area contributed by atoms with Crippen molar-refractivity contribution >= 4 is 34.3 Å². The summed E-state index contributed by atoms with van der Waals surface area (Å²) in [6.07, 6.45) is 4.77. The van der Waals surface area contributed by atoms with Crippen molar-refractivity contribution in [1.82, 2.24) is 15.1 Å². The highest BCUT2D eigenvalue weighted by Crippen LogP contribution is 2.20. The third kappa shape index (κ3) is 3.52. The van der Waals surface area contributed by atoms with Crippen LogP contribution >= 0.6 is 11.3 Å². The predicted octanol–water partition coefficient (Wildman–Crippen LogP) is 4.10. The van der Waals surface area contributed by atoms with Gasteiger partial charge in [0.15, 0.2) is 6.61 Å². The molecule has 3 aromatic heterocycles. The number of rotatable bonds is 5. The molecule has 0 aliphatic carbocycles. The first kappa shape index (κ1) is 16.2. The lowest BCUT2D eigenvalue weighted by Crippen LogP contribution is -2.02. The maximum Gasteiger partial charge on any atom is 0.331 e. The Hall–Kier alpha value is -3.32. The first-order chi connectivity index (χ1) is 12.8. The number of nitrogens with zero attached hydrogens (tertiary/aromatic N) is 3. The van der Waals surface area contributed by atoms with Crippen molar-refractivity contribution < 1.29 is 14.1 Å². The average Bonchev–Trinajstić information content (AvgIpc) is 3.36. The van der Waals surface area contributed by atoms with Crippen molar-refractivity contribution in [3.63, 3.8) is 0 Å². The van der Waals surface area contributed by atoms with E-state index >= 15 is 0 Å². The summed E-state index contributed by atoms with van der Waals surface area (Å²) in [5, 5.41) is 8.65. The van der Waals surface area contributed by atoms with E-state index in [0.29, 0.717) is 11.7 Å². The summed E-state index contributed by atoms with van der Waals surface area (Å²) >= 11 is 1.54. The van der Waals surface area contributed by atoms with Gasteiger partial charge in [-0.25, -0.2) is 4.79 Å². The van der Waals surface area contributed by atoms with Crippen LogP contribution in [-0.4, -0.2) is 21.1 Å². The van der Waals surface area contributed by atoms with Gasteiger partial charge in [-0.1, -0.05) is 29.4 Å². The summed E-state index contributed by atoms with van der Waals surface area (Å²) in [7, 11) is 0. The monoisotopic (exact) mass is 363 g/mol. The zero-order chi connectivity index (χ0) is 17.8. The first-order valence-corrected chi connectivity index (χ1v) is 8.77. The van der Waals surface area contributed by atoms with E-state index in [1.54, 1.807) is 12.3 Å². The number of aromatic nitrogens is 3. The van der Waals surface area contributed by atoms with Gasteiger partial charge in [-0.05, 0) is 23.6 Å². The normalized spacial score (nSPS) is 11.2. The van der Waals surface area contributed by atoms with Crippen LogP contribution in [0.2, 0.25) is 0 Å². The van der Waals surface area contributed by atoms with Crippen LogP contribution < -0.4 is 0 Å². The molecule has 0 N–H and O–H groups in total. The van der Waals surface area contributed by atoms with Gasteiger partial charge in [0.1, 0.15) is 0 Å². The molecule has 0 amide bonds. The number of carbonyl (C=O) groups is 1. The molecule has 0 radical (unpaired) electrons. The molecule has 0 saturated heterocycles. The van der Waals surface area contributed by atoms with Crippen LogP contribution in [0.1, 0.15) is 11.4 Å². The minimum atomic E-state index is -0.486. The molecule has 4 rings (SSSR count). The maximum absolute atomic E-state index is 11.9. The molecular weight excluding hydrogens is 350 g/mol. The van der Waals surface area contributed by atoms with Gasteiger partial charge in [-0.3, -0.25) is 4.98 Å². The summed E-state index contributed by atoms with van der Waals surface area (Å²) in [4.78, 5) is 20.5. The number of hydrogen-bond donors (Lipinski definition) is 0. The van der Waals surface area contributed by atoms with E-state index in [1.165, 1.54) is 17.4 Å². The number of ether oxygens (including phenoxy) is 1. The summed E-state index contributed by atoms with van der Waals surface area (Å²) in [5.74, 6) is 0.245. The highest BCUT2D eigenvalue weighted by molar-refractivity contribution is 7.08. The molecular formula is C19H13N3O3S. The fraction of sp³-hybridized carbons (Fsp3) is 0.0526. The van der Waals surface area contributed by atoms with Crippen LogP contribution in [-0.2, 0) is 16.1 Å². The third-order valence-electron chi connectivity index (χ3n) is 3.64. The number of esters is 1. The second-order valence-electron chi connectivity index (χ2n) is 5.39. The second kappa shape index (κ2) is 7.28. The molecule has 6 nitrogen and oxygen atoms in total. The fourth-order valence-corrected chi connectivity index (χ4v) is 3.05. The van der Waals surface area contributed by atoms with Gasteiger partial charge >= 0.3 is 5.97 Å². The van der Waals surface area contributed by atoms with Gasteiger partial charge in [0.25, 0.3) is 5.89 Å². The van der Waals surface area contributed by atoms with Crippen LogP contribution in [0, 0.1) is 0 Å². The van der Waals surface area contributed by atoms with E-state index in [0.717, 1.165) is 22.0 Å². The Kier molecular flexibility index (Phi) is 4.53.